The summed E-state index contributed by atoms with van der Waals surface area (Å²) in [5, 5.41) is 11.4. The maximum absolute atomic E-state index is 13.5. The molecular formula is C21H25ClN2O6S. The van der Waals surface area contributed by atoms with Crippen molar-refractivity contribution in [2.24, 2.45) is 5.92 Å². The highest BCUT2D eigenvalue weighted by Crippen LogP contribution is 2.27. The first-order chi connectivity index (χ1) is 14.6. The standard InChI is InChI=1S/C21H25ClN2O6S/c1-4-30-21(25)20(12-15(2)3)23(14-16-6-5-7-17(22)13-16)31(28,29)19-10-8-18(9-11-19)24(26)27/h5-11,13,15,20H,4,12,14H2,1-3H3/t20-/m0/s1. The van der Waals surface area contributed by atoms with Gasteiger partial charge in [0.2, 0.25) is 10.0 Å². The molecule has 2 rings (SSSR count). The van der Waals surface area contributed by atoms with Crippen molar-refractivity contribution in [3.63, 3.8) is 0 Å². The minimum absolute atomic E-state index is 0.00308. The van der Waals surface area contributed by atoms with E-state index in [1.807, 2.05) is 13.8 Å². The van der Waals surface area contributed by atoms with Crippen LogP contribution in [0.15, 0.2) is 53.4 Å². The van der Waals surface area contributed by atoms with E-state index in [-0.39, 0.29) is 36.1 Å². The number of non-ortho nitro benzene ring substituents is 1. The van der Waals surface area contributed by atoms with Gasteiger partial charge >= 0.3 is 5.97 Å². The maximum atomic E-state index is 13.5. The van der Waals surface area contributed by atoms with Crippen molar-refractivity contribution >= 4 is 33.3 Å². The second kappa shape index (κ2) is 10.7. The van der Waals surface area contributed by atoms with Gasteiger partial charge in [0.1, 0.15) is 6.04 Å². The zero-order valence-corrected chi connectivity index (χ0v) is 19.1. The van der Waals surface area contributed by atoms with Crippen LogP contribution in [-0.2, 0) is 26.1 Å². The zero-order chi connectivity index (χ0) is 23.2. The Bertz CT molecular complexity index is 1020. The molecule has 0 radical (unpaired) electrons. The number of carbonyl (C=O) groups is 1. The van der Waals surface area contributed by atoms with Crippen LogP contribution in [0.25, 0.3) is 0 Å². The number of benzene rings is 2. The Morgan fingerprint density at radius 1 is 1.19 bits per heavy atom. The number of nitro benzene ring substituents is 1. The highest BCUT2D eigenvalue weighted by Gasteiger charge is 2.37. The van der Waals surface area contributed by atoms with Gasteiger partial charge in [-0.05, 0) is 49.1 Å². The van der Waals surface area contributed by atoms with Crippen LogP contribution in [0.2, 0.25) is 5.02 Å². The van der Waals surface area contributed by atoms with Gasteiger partial charge in [0.25, 0.3) is 5.69 Å². The Morgan fingerprint density at radius 2 is 1.84 bits per heavy atom. The largest absolute Gasteiger partial charge is 0.465 e. The Balaban J connectivity index is 2.57. The molecule has 0 fully saturated rings. The van der Waals surface area contributed by atoms with Crippen molar-refractivity contribution in [2.75, 3.05) is 6.61 Å². The summed E-state index contributed by atoms with van der Waals surface area (Å²) in [6, 6.07) is 10.2. The van der Waals surface area contributed by atoms with Crippen LogP contribution in [-0.4, -0.2) is 36.3 Å². The molecule has 8 nitrogen and oxygen atoms in total. The molecule has 0 bridgehead atoms. The molecule has 10 heteroatoms. The van der Waals surface area contributed by atoms with Crippen LogP contribution in [0.5, 0.6) is 0 Å². The summed E-state index contributed by atoms with van der Waals surface area (Å²) in [6.45, 7) is 5.40. The molecule has 0 aliphatic heterocycles. The van der Waals surface area contributed by atoms with E-state index in [0.29, 0.717) is 10.6 Å². The van der Waals surface area contributed by atoms with Gasteiger partial charge in [-0.2, -0.15) is 4.31 Å². The number of ether oxygens (including phenoxy) is 1. The molecule has 0 aliphatic carbocycles. The Hall–Kier alpha value is -2.49. The first-order valence-electron chi connectivity index (χ1n) is 9.73. The summed E-state index contributed by atoms with van der Waals surface area (Å²) < 4.78 is 33.3. The molecule has 0 aliphatic rings. The SMILES string of the molecule is CCOC(=O)[C@H](CC(C)C)N(Cc1cccc(Cl)c1)S(=O)(=O)c1ccc([N+](=O)[O-])cc1. The lowest BCUT2D eigenvalue weighted by atomic mass is 10.0. The second-order valence-corrected chi connectivity index (χ2v) is 9.66. The Labute approximate surface area is 187 Å². The third-order valence-corrected chi connectivity index (χ3v) is 6.59. The van der Waals surface area contributed by atoms with Crippen molar-refractivity contribution in [1.29, 1.82) is 0 Å². The summed E-state index contributed by atoms with van der Waals surface area (Å²) in [4.78, 5) is 22.9. The summed E-state index contributed by atoms with van der Waals surface area (Å²) in [5.74, 6) is -0.646. The van der Waals surface area contributed by atoms with E-state index in [9.17, 15) is 23.3 Å². The van der Waals surface area contributed by atoms with Crippen molar-refractivity contribution in [3.8, 4) is 0 Å². The highest BCUT2D eigenvalue weighted by molar-refractivity contribution is 7.89. The topological polar surface area (TPSA) is 107 Å². The molecule has 0 spiro atoms. The van der Waals surface area contributed by atoms with Crippen LogP contribution < -0.4 is 0 Å². The van der Waals surface area contributed by atoms with Crippen molar-refractivity contribution < 1.29 is 22.9 Å². The van der Waals surface area contributed by atoms with Crippen LogP contribution in [0.4, 0.5) is 5.69 Å². The minimum atomic E-state index is -4.20. The lowest BCUT2D eigenvalue weighted by Gasteiger charge is -2.30. The Morgan fingerprint density at radius 3 is 2.35 bits per heavy atom. The molecule has 31 heavy (non-hydrogen) atoms. The lowest BCUT2D eigenvalue weighted by Crippen LogP contribution is -2.46. The van der Waals surface area contributed by atoms with Crippen molar-refractivity contribution in [1.82, 2.24) is 4.31 Å². The molecule has 2 aromatic carbocycles. The molecular weight excluding hydrogens is 444 g/mol. The number of sulfonamides is 1. The van der Waals surface area contributed by atoms with E-state index in [1.165, 1.54) is 0 Å². The van der Waals surface area contributed by atoms with Gasteiger partial charge in [-0.25, -0.2) is 8.42 Å². The van der Waals surface area contributed by atoms with Crippen molar-refractivity contribution in [2.45, 2.75) is 44.7 Å². The smallest absolute Gasteiger partial charge is 0.324 e. The van der Waals surface area contributed by atoms with Crippen LogP contribution in [0.3, 0.4) is 0 Å². The molecule has 0 N–H and O–H groups in total. The number of hydrogen-bond acceptors (Lipinski definition) is 6. The van der Waals surface area contributed by atoms with Gasteiger partial charge in [-0.3, -0.25) is 14.9 Å². The fourth-order valence-corrected chi connectivity index (χ4v) is 4.86. The third kappa shape index (κ3) is 6.49. The summed E-state index contributed by atoms with van der Waals surface area (Å²) in [7, 11) is -4.20. The Kier molecular flexibility index (Phi) is 8.55. The molecule has 168 valence electrons. The first kappa shape index (κ1) is 24.8. The zero-order valence-electron chi connectivity index (χ0n) is 17.5. The summed E-state index contributed by atoms with van der Waals surface area (Å²) in [6.07, 6.45) is 0.242. The minimum Gasteiger partial charge on any atom is -0.465 e. The number of nitro groups is 1. The van der Waals surface area contributed by atoms with E-state index in [4.69, 9.17) is 16.3 Å². The van der Waals surface area contributed by atoms with Gasteiger partial charge < -0.3 is 4.74 Å². The normalized spacial score (nSPS) is 12.7. The van der Waals surface area contributed by atoms with Gasteiger partial charge in [-0.15, -0.1) is 0 Å². The second-order valence-electron chi connectivity index (χ2n) is 7.33. The van der Waals surface area contributed by atoms with Crippen LogP contribution >= 0.6 is 11.6 Å². The fourth-order valence-electron chi connectivity index (χ4n) is 3.07. The number of esters is 1. The fraction of sp³-hybridized carbons (Fsp3) is 0.381. The number of nitrogens with zero attached hydrogens (tertiary/aromatic N) is 2. The first-order valence-corrected chi connectivity index (χ1v) is 11.6. The van der Waals surface area contributed by atoms with Crippen molar-refractivity contribution in [3.05, 3.63) is 69.2 Å². The van der Waals surface area contributed by atoms with Crippen LogP contribution in [0, 0.1) is 16.0 Å². The molecule has 0 amide bonds. The maximum Gasteiger partial charge on any atom is 0.324 e. The highest BCUT2D eigenvalue weighted by atomic mass is 35.5. The van der Waals surface area contributed by atoms with E-state index in [1.54, 1.807) is 31.2 Å². The molecule has 0 heterocycles. The van der Waals surface area contributed by atoms with Crippen LogP contribution in [0.1, 0.15) is 32.8 Å². The monoisotopic (exact) mass is 468 g/mol. The number of rotatable bonds is 10. The third-order valence-electron chi connectivity index (χ3n) is 4.48. The summed E-state index contributed by atoms with van der Waals surface area (Å²) in [5.41, 5.74) is 0.362. The molecule has 0 saturated heterocycles. The average Bonchev–Trinajstić information content (AvgIpc) is 2.70. The lowest BCUT2D eigenvalue weighted by molar-refractivity contribution is -0.384. The molecule has 1 atom stereocenters. The average molecular weight is 469 g/mol. The molecule has 0 saturated carbocycles. The quantitative estimate of drug-likeness (QED) is 0.290. The predicted octanol–water partition coefficient (Wildman–Crippen LogP) is 4.42. The molecule has 0 unspecified atom stereocenters. The van der Waals surface area contributed by atoms with E-state index < -0.39 is 27.0 Å². The van der Waals surface area contributed by atoms with Gasteiger partial charge in [0.05, 0.1) is 16.4 Å². The summed E-state index contributed by atoms with van der Waals surface area (Å²) >= 11 is 6.06. The van der Waals surface area contributed by atoms with E-state index >= 15 is 0 Å². The van der Waals surface area contributed by atoms with Gasteiger partial charge in [0, 0.05) is 23.7 Å². The van der Waals surface area contributed by atoms with Gasteiger partial charge in [-0.1, -0.05) is 37.6 Å². The molecule has 0 aromatic heterocycles. The van der Waals surface area contributed by atoms with Gasteiger partial charge in [0.15, 0.2) is 0 Å². The van der Waals surface area contributed by atoms with E-state index in [2.05, 4.69) is 0 Å². The predicted molar refractivity (Wildman–Crippen MR) is 117 cm³/mol. The molecule has 2 aromatic rings. The number of carbonyl (C=O) groups excluding carboxylic acids is 1. The number of halogens is 1. The van der Waals surface area contributed by atoms with E-state index in [0.717, 1.165) is 28.6 Å². The number of hydrogen-bond donors (Lipinski definition) is 0.